The number of halogens is 3. The Morgan fingerprint density at radius 2 is 1.91 bits per heavy atom. The summed E-state index contributed by atoms with van der Waals surface area (Å²) in [6.07, 6.45) is -3.28. The lowest BCUT2D eigenvalue weighted by Crippen LogP contribution is -2.08. The molecule has 0 aromatic heterocycles. The zero-order valence-electron chi connectivity index (χ0n) is 12.0. The Hall–Kier alpha value is -2.90. The van der Waals surface area contributed by atoms with Crippen molar-refractivity contribution in [2.24, 2.45) is 5.10 Å². The molecule has 0 saturated carbocycles. The van der Waals surface area contributed by atoms with E-state index in [1.54, 1.807) is 19.1 Å². The van der Waals surface area contributed by atoms with E-state index in [-0.39, 0.29) is 11.4 Å². The predicted octanol–water partition coefficient (Wildman–Crippen LogP) is 4.37. The number of benzene rings is 2. The normalized spacial score (nSPS) is 11.7. The van der Waals surface area contributed by atoms with Gasteiger partial charge in [-0.3, -0.25) is 15.5 Å². The molecule has 0 spiro atoms. The highest BCUT2D eigenvalue weighted by Gasteiger charge is 2.33. The molecule has 2 aromatic carbocycles. The van der Waals surface area contributed by atoms with Crippen LogP contribution in [0, 0.1) is 17.0 Å². The van der Waals surface area contributed by atoms with Crippen molar-refractivity contribution in [1.82, 2.24) is 0 Å². The van der Waals surface area contributed by atoms with Crippen molar-refractivity contribution in [3.63, 3.8) is 0 Å². The van der Waals surface area contributed by atoms with E-state index in [1.807, 2.05) is 0 Å². The van der Waals surface area contributed by atoms with Gasteiger partial charge in [0.25, 0.3) is 5.69 Å². The Labute approximate surface area is 129 Å². The van der Waals surface area contributed by atoms with E-state index < -0.39 is 16.7 Å². The lowest BCUT2D eigenvalue weighted by molar-refractivity contribution is -0.385. The number of nitrogens with zero attached hydrogens (tertiary/aromatic N) is 2. The highest BCUT2D eigenvalue weighted by Crippen LogP contribution is 2.34. The number of nitrogens with one attached hydrogen (secondary N) is 1. The summed E-state index contributed by atoms with van der Waals surface area (Å²) in [5, 5.41) is 14.6. The van der Waals surface area contributed by atoms with Crippen LogP contribution in [0.3, 0.4) is 0 Å². The number of rotatable bonds is 4. The summed E-state index contributed by atoms with van der Waals surface area (Å²) in [6, 6.07) is 9.35. The van der Waals surface area contributed by atoms with Crippen LogP contribution >= 0.6 is 0 Å². The molecule has 0 aliphatic rings. The van der Waals surface area contributed by atoms with Crippen LogP contribution in [0.5, 0.6) is 0 Å². The van der Waals surface area contributed by atoms with Crippen molar-refractivity contribution in [3.8, 4) is 0 Å². The van der Waals surface area contributed by atoms with Gasteiger partial charge in [-0.15, -0.1) is 0 Å². The number of hydrogen-bond donors (Lipinski definition) is 1. The predicted molar refractivity (Wildman–Crippen MR) is 80.5 cm³/mol. The second-order valence-electron chi connectivity index (χ2n) is 4.72. The van der Waals surface area contributed by atoms with Crippen molar-refractivity contribution < 1.29 is 18.1 Å². The maximum Gasteiger partial charge on any atom is 0.418 e. The average molecular weight is 323 g/mol. The SMILES string of the molecule is Cc1ccc(/C=N\Nc2ccccc2C(F)(F)F)cc1[N+](=O)[O-]. The van der Waals surface area contributed by atoms with Gasteiger partial charge in [-0.1, -0.05) is 24.3 Å². The molecule has 1 N–H and O–H groups in total. The molecule has 0 saturated heterocycles. The van der Waals surface area contributed by atoms with Gasteiger partial charge in [0.2, 0.25) is 0 Å². The number of nitro benzene ring substituents is 1. The van der Waals surface area contributed by atoms with Crippen LogP contribution in [-0.2, 0) is 6.18 Å². The molecule has 23 heavy (non-hydrogen) atoms. The van der Waals surface area contributed by atoms with Gasteiger partial charge in [0, 0.05) is 17.2 Å². The maximum absolute atomic E-state index is 12.8. The van der Waals surface area contributed by atoms with E-state index in [9.17, 15) is 23.3 Å². The van der Waals surface area contributed by atoms with E-state index in [1.165, 1.54) is 30.5 Å². The maximum atomic E-state index is 12.8. The van der Waals surface area contributed by atoms with E-state index in [0.29, 0.717) is 11.1 Å². The van der Waals surface area contributed by atoms with E-state index in [0.717, 1.165) is 6.07 Å². The molecule has 0 amide bonds. The lowest BCUT2D eigenvalue weighted by atomic mass is 10.1. The third kappa shape index (κ3) is 4.06. The lowest BCUT2D eigenvalue weighted by Gasteiger charge is -2.11. The molecule has 0 radical (unpaired) electrons. The van der Waals surface area contributed by atoms with Crippen molar-refractivity contribution in [1.29, 1.82) is 0 Å². The largest absolute Gasteiger partial charge is 0.418 e. The second kappa shape index (κ2) is 6.47. The first-order valence-electron chi connectivity index (χ1n) is 6.49. The number of anilines is 1. The standard InChI is InChI=1S/C15H12F3N3O2/c1-10-6-7-11(8-14(10)21(22)23)9-19-20-13-5-3-2-4-12(13)15(16,17)18/h2-9,20H,1H3/b19-9-. The summed E-state index contributed by atoms with van der Waals surface area (Å²) in [4.78, 5) is 10.3. The molecular formula is C15H12F3N3O2. The molecule has 0 bridgehead atoms. The summed E-state index contributed by atoms with van der Waals surface area (Å²) in [5.41, 5.74) is 2.09. The molecule has 0 unspecified atom stereocenters. The Bertz CT molecular complexity index is 758. The highest BCUT2D eigenvalue weighted by molar-refractivity contribution is 5.81. The number of aryl methyl sites for hydroxylation is 1. The molecule has 2 rings (SSSR count). The van der Waals surface area contributed by atoms with Gasteiger partial charge in [0.1, 0.15) is 0 Å². The van der Waals surface area contributed by atoms with Gasteiger partial charge in [0.15, 0.2) is 0 Å². The number of hydrazone groups is 1. The fourth-order valence-electron chi connectivity index (χ4n) is 1.91. The monoisotopic (exact) mass is 323 g/mol. The summed E-state index contributed by atoms with van der Waals surface area (Å²) in [5.74, 6) is 0. The molecule has 0 aliphatic carbocycles. The van der Waals surface area contributed by atoms with Gasteiger partial charge in [-0.05, 0) is 19.1 Å². The Kier molecular flexibility index (Phi) is 4.63. The molecule has 120 valence electrons. The van der Waals surface area contributed by atoms with Gasteiger partial charge in [0.05, 0.1) is 22.4 Å². The molecule has 2 aromatic rings. The van der Waals surface area contributed by atoms with Crippen LogP contribution < -0.4 is 5.43 Å². The Morgan fingerprint density at radius 3 is 2.57 bits per heavy atom. The van der Waals surface area contributed by atoms with Crippen LogP contribution in [0.4, 0.5) is 24.5 Å². The fourth-order valence-corrected chi connectivity index (χ4v) is 1.91. The van der Waals surface area contributed by atoms with Crippen LogP contribution in [0.2, 0.25) is 0 Å². The number of alkyl halides is 3. The fraction of sp³-hybridized carbons (Fsp3) is 0.133. The molecule has 5 nitrogen and oxygen atoms in total. The van der Waals surface area contributed by atoms with Gasteiger partial charge < -0.3 is 0 Å². The minimum absolute atomic E-state index is 0.0790. The van der Waals surface area contributed by atoms with E-state index >= 15 is 0 Å². The molecule has 0 atom stereocenters. The third-order valence-corrected chi connectivity index (χ3v) is 3.06. The third-order valence-electron chi connectivity index (χ3n) is 3.06. The second-order valence-corrected chi connectivity index (χ2v) is 4.72. The zero-order chi connectivity index (χ0) is 17.0. The molecule has 0 aliphatic heterocycles. The first-order chi connectivity index (χ1) is 10.8. The van der Waals surface area contributed by atoms with Crippen molar-refractivity contribution in [3.05, 3.63) is 69.3 Å². The number of nitro groups is 1. The van der Waals surface area contributed by atoms with E-state index in [4.69, 9.17) is 0 Å². The molecule has 0 heterocycles. The van der Waals surface area contributed by atoms with Crippen LogP contribution in [0.1, 0.15) is 16.7 Å². The Balaban J connectivity index is 2.21. The first-order valence-corrected chi connectivity index (χ1v) is 6.49. The summed E-state index contributed by atoms with van der Waals surface area (Å²) >= 11 is 0. The quantitative estimate of drug-likeness (QED) is 0.516. The minimum atomic E-state index is -4.50. The van der Waals surface area contributed by atoms with Gasteiger partial charge >= 0.3 is 6.18 Å². The number of para-hydroxylation sites is 1. The smallest absolute Gasteiger partial charge is 0.278 e. The van der Waals surface area contributed by atoms with Crippen LogP contribution in [0.25, 0.3) is 0 Å². The molecule has 0 fully saturated rings. The summed E-state index contributed by atoms with van der Waals surface area (Å²) in [6.45, 7) is 1.59. The minimum Gasteiger partial charge on any atom is -0.278 e. The summed E-state index contributed by atoms with van der Waals surface area (Å²) in [7, 11) is 0. The highest BCUT2D eigenvalue weighted by atomic mass is 19.4. The van der Waals surface area contributed by atoms with Crippen LogP contribution in [0.15, 0.2) is 47.6 Å². The van der Waals surface area contributed by atoms with Crippen molar-refractivity contribution in [2.45, 2.75) is 13.1 Å². The average Bonchev–Trinajstić information content (AvgIpc) is 2.48. The van der Waals surface area contributed by atoms with Crippen LogP contribution in [-0.4, -0.2) is 11.1 Å². The van der Waals surface area contributed by atoms with Gasteiger partial charge in [-0.2, -0.15) is 18.3 Å². The van der Waals surface area contributed by atoms with E-state index in [2.05, 4.69) is 10.5 Å². The molecular weight excluding hydrogens is 311 g/mol. The molecule has 8 heteroatoms. The Morgan fingerprint density at radius 1 is 1.22 bits per heavy atom. The number of hydrogen-bond acceptors (Lipinski definition) is 4. The topological polar surface area (TPSA) is 67.5 Å². The zero-order valence-corrected chi connectivity index (χ0v) is 12.0. The van der Waals surface area contributed by atoms with Crippen molar-refractivity contribution in [2.75, 3.05) is 5.43 Å². The van der Waals surface area contributed by atoms with Crippen molar-refractivity contribution >= 4 is 17.6 Å². The first kappa shape index (κ1) is 16.5. The summed E-state index contributed by atoms with van der Waals surface area (Å²) < 4.78 is 38.5. The van der Waals surface area contributed by atoms with Gasteiger partial charge in [-0.25, -0.2) is 0 Å².